The zero-order valence-electron chi connectivity index (χ0n) is 13.4. The number of carbonyl (C=O) groups is 1. The van der Waals surface area contributed by atoms with Crippen LogP contribution in [0.4, 0.5) is 0 Å². The molecule has 0 fully saturated rings. The molecule has 1 amide bonds. The van der Waals surface area contributed by atoms with Gasteiger partial charge in [-0.3, -0.25) is 4.79 Å². The van der Waals surface area contributed by atoms with Crippen molar-refractivity contribution in [2.45, 2.75) is 58.5 Å². The molecule has 1 atom stereocenters. The van der Waals surface area contributed by atoms with E-state index in [9.17, 15) is 4.79 Å². The molecule has 0 radical (unpaired) electrons. The normalized spacial score (nSPS) is 12.2. The highest BCUT2D eigenvalue weighted by Crippen LogP contribution is 2.15. The monoisotopic (exact) mass is 292 g/mol. The van der Waals surface area contributed by atoms with Gasteiger partial charge in [-0.25, -0.2) is 0 Å². The first-order chi connectivity index (χ1) is 10.1. The van der Waals surface area contributed by atoms with E-state index in [1.165, 1.54) is 0 Å². The van der Waals surface area contributed by atoms with Crippen molar-refractivity contribution in [3.8, 4) is 5.75 Å². The molecule has 0 heterocycles. The van der Waals surface area contributed by atoms with Crippen molar-refractivity contribution in [2.24, 2.45) is 5.73 Å². The maximum atomic E-state index is 11.8. The van der Waals surface area contributed by atoms with Gasteiger partial charge in [0.2, 0.25) is 0 Å². The highest BCUT2D eigenvalue weighted by atomic mass is 16.5. The number of nitrogens with two attached hydrogens (primary N) is 1. The molecule has 118 valence electrons. The minimum absolute atomic E-state index is 0.0553. The predicted octanol–water partition coefficient (Wildman–Crippen LogP) is 2.65. The average Bonchev–Trinajstić information content (AvgIpc) is 2.50. The van der Waals surface area contributed by atoms with E-state index in [1.54, 1.807) is 0 Å². The summed E-state index contributed by atoms with van der Waals surface area (Å²) in [5.74, 6) is 0.648. The number of ether oxygens (including phenoxy) is 1. The van der Waals surface area contributed by atoms with E-state index >= 15 is 0 Å². The number of carbonyl (C=O) groups excluding carboxylic acids is 1. The van der Waals surface area contributed by atoms with Crippen LogP contribution >= 0.6 is 0 Å². The molecule has 3 N–H and O–H groups in total. The van der Waals surface area contributed by atoms with E-state index in [1.807, 2.05) is 24.3 Å². The van der Waals surface area contributed by atoms with Gasteiger partial charge in [-0.15, -0.1) is 0 Å². The summed E-state index contributed by atoms with van der Waals surface area (Å²) in [5.41, 5.74) is 7.10. The zero-order chi connectivity index (χ0) is 15.7. The molecule has 0 bridgehead atoms. The molecule has 0 aliphatic heterocycles. The Hall–Kier alpha value is -1.55. The maximum absolute atomic E-state index is 11.8. The summed E-state index contributed by atoms with van der Waals surface area (Å²) < 4.78 is 5.56. The van der Waals surface area contributed by atoms with E-state index < -0.39 is 0 Å². The molecule has 21 heavy (non-hydrogen) atoms. The van der Waals surface area contributed by atoms with Crippen molar-refractivity contribution in [2.75, 3.05) is 6.61 Å². The summed E-state index contributed by atoms with van der Waals surface area (Å²) in [6, 6.07) is 8.19. The second-order valence-electron chi connectivity index (χ2n) is 5.39. The summed E-state index contributed by atoms with van der Waals surface area (Å²) in [7, 11) is 0. The molecule has 0 saturated carbocycles. The third-order valence-electron chi connectivity index (χ3n) is 3.64. The van der Waals surface area contributed by atoms with Crippen LogP contribution in [0.3, 0.4) is 0 Å². The molecule has 0 aliphatic rings. The van der Waals surface area contributed by atoms with Crippen LogP contribution in [0.1, 0.15) is 45.6 Å². The fraction of sp³-hybridized carbons (Fsp3) is 0.588. The quantitative estimate of drug-likeness (QED) is 0.735. The number of hydrogen-bond acceptors (Lipinski definition) is 3. The van der Waals surface area contributed by atoms with Crippen molar-refractivity contribution in [1.82, 2.24) is 5.32 Å². The first-order valence-corrected chi connectivity index (χ1v) is 7.85. The fourth-order valence-electron chi connectivity index (χ4n) is 2.12. The van der Waals surface area contributed by atoms with E-state index in [2.05, 4.69) is 26.1 Å². The van der Waals surface area contributed by atoms with Crippen LogP contribution in [0.15, 0.2) is 24.3 Å². The first kappa shape index (κ1) is 17.5. The lowest BCUT2D eigenvalue weighted by Crippen LogP contribution is -2.37. The van der Waals surface area contributed by atoms with Gasteiger partial charge in [-0.2, -0.15) is 0 Å². The standard InChI is InChI=1S/C17H28N2O2/c1-4-14(18)10-13-8-7-9-16(11-13)21-12-17(20)19-15(5-2)6-3/h7-9,11,14-15H,4-6,10,12,18H2,1-3H3,(H,19,20). The number of hydrogen-bond donors (Lipinski definition) is 2. The topological polar surface area (TPSA) is 64.3 Å². The van der Waals surface area contributed by atoms with E-state index in [-0.39, 0.29) is 24.6 Å². The second kappa shape index (κ2) is 9.40. The molecule has 1 aromatic carbocycles. The molecule has 1 aromatic rings. The highest BCUT2D eigenvalue weighted by molar-refractivity contribution is 5.77. The Balaban J connectivity index is 2.48. The smallest absolute Gasteiger partial charge is 0.258 e. The predicted molar refractivity (Wildman–Crippen MR) is 86.4 cm³/mol. The molecule has 1 unspecified atom stereocenters. The minimum Gasteiger partial charge on any atom is -0.484 e. The lowest BCUT2D eigenvalue weighted by atomic mass is 10.0. The van der Waals surface area contributed by atoms with Crippen LogP contribution in [0, 0.1) is 0 Å². The SMILES string of the molecule is CCC(N)Cc1cccc(OCC(=O)NC(CC)CC)c1. The van der Waals surface area contributed by atoms with E-state index in [0.717, 1.165) is 37.0 Å². The van der Waals surface area contributed by atoms with Crippen molar-refractivity contribution in [3.05, 3.63) is 29.8 Å². The van der Waals surface area contributed by atoms with Crippen molar-refractivity contribution < 1.29 is 9.53 Å². The van der Waals surface area contributed by atoms with E-state index in [4.69, 9.17) is 10.5 Å². The average molecular weight is 292 g/mol. The number of nitrogens with one attached hydrogen (secondary N) is 1. The molecule has 1 rings (SSSR count). The Kier molecular flexibility index (Phi) is 7.83. The summed E-state index contributed by atoms with van der Waals surface area (Å²) >= 11 is 0. The Labute approximate surface area is 128 Å². The summed E-state index contributed by atoms with van der Waals surface area (Å²) in [6.07, 6.45) is 3.65. The van der Waals surface area contributed by atoms with Gasteiger partial charge in [0.05, 0.1) is 0 Å². The molecule has 0 aromatic heterocycles. The van der Waals surface area contributed by atoms with Crippen LogP contribution in [-0.2, 0) is 11.2 Å². The Morgan fingerprint density at radius 2 is 1.95 bits per heavy atom. The largest absolute Gasteiger partial charge is 0.484 e. The minimum atomic E-state index is -0.0700. The van der Waals surface area contributed by atoms with Gasteiger partial charge in [0, 0.05) is 12.1 Å². The molecule has 4 heteroatoms. The van der Waals surface area contributed by atoms with Crippen LogP contribution in [-0.4, -0.2) is 24.6 Å². The number of rotatable bonds is 9. The van der Waals surface area contributed by atoms with Gasteiger partial charge < -0.3 is 15.8 Å². The Bertz CT molecular complexity index is 431. The number of amides is 1. The molecule has 4 nitrogen and oxygen atoms in total. The van der Waals surface area contributed by atoms with Gasteiger partial charge in [0.15, 0.2) is 6.61 Å². The van der Waals surface area contributed by atoms with Crippen molar-refractivity contribution in [3.63, 3.8) is 0 Å². The van der Waals surface area contributed by atoms with Gasteiger partial charge in [0.1, 0.15) is 5.75 Å². The third kappa shape index (κ3) is 6.63. The van der Waals surface area contributed by atoms with Crippen molar-refractivity contribution in [1.29, 1.82) is 0 Å². The maximum Gasteiger partial charge on any atom is 0.258 e. The molecular formula is C17H28N2O2. The Morgan fingerprint density at radius 1 is 1.24 bits per heavy atom. The van der Waals surface area contributed by atoms with Crippen LogP contribution in [0.2, 0.25) is 0 Å². The summed E-state index contributed by atoms with van der Waals surface area (Å²) in [6.45, 7) is 6.26. The fourth-order valence-corrected chi connectivity index (χ4v) is 2.12. The number of benzene rings is 1. The van der Waals surface area contributed by atoms with Crippen molar-refractivity contribution >= 4 is 5.91 Å². The van der Waals surface area contributed by atoms with E-state index in [0.29, 0.717) is 0 Å². The van der Waals surface area contributed by atoms with Gasteiger partial charge >= 0.3 is 0 Å². The molecule has 0 spiro atoms. The summed E-state index contributed by atoms with van der Waals surface area (Å²) in [4.78, 5) is 11.8. The highest BCUT2D eigenvalue weighted by Gasteiger charge is 2.09. The third-order valence-corrected chi connectivity index (χ3v) is 3.64. The van der Waals surface area contributed by atoms with Crippen LogP contribution < -0.4 is 15.8 Å². The first-order valence-electron chi connectivity index (χ1n) is 7.85. The Morgan fingerprint density at radius 3 is 2.57 bits per heavy atom. The van der Waals surface area contributed by atoms with Gasteiger partial charge in [-0.1, -0.05) is 32.9 Å². The molecule has 0 saturated heterocycles. The van der Waals surface area contributed by atoms with Crippen LogP contribution in [0.25, 0.3) is 0 Å². The zero-order valence-corrected chi connectivity index (χ0v) is 13.4. The van der Waals surface area contributed by atoms with Gasteiger partial charge in [-0.05, 0) is 43.4 Å². The lowest BCUT2D eigenvalue weighted by Gasteiger charge is -2.15. The van der Waals surface area contributed by atoms with Gasteiger partial charge in [0.25, 0.3) is 5.91 Å². The van der Waals surface area contributed by atoms with Crippen LogP contribution in [0.5, 0.6) is 5.75 Å². The summed E-state index contributed by atoms with van der Waals surface area (Å²) in [5, 5.41) is 2.96. The molecule has 0 aliphatic carbocycles. The lowest BCUT2D eigenvalue weighted by molar-refractivity contribution is -0.123. The molecular weight excluding hydrogens is 264 g/mol. The second-order valence-corrected chi connectivity index (χ2v) is 5.39.